The molecule has 0 saturated heterocycles. The summed E-state index contributed by atoms with van der Waals surface area (Å²) in [6, 6.07) is 105. The van der Waals surface area contributed by atoms with Gasteiger partial charge in [-0.1, -0.05) is 248 Å². The lowest BCUT2D eigenvalue weighted by Gasteiger charge is -2.15. The maximum Gasteiger partial charge on any atom is 0.264 e. The minimum atomic E-state index is -0.0738. The number of benzene rings is 16. The largest absolute Gasteiger partial charge is 0.268 e. The fraction of sp³-hybridized carbons (Fsp3) is 0.0213. The van der Waals surface area contributed by atoms with Crippen LogP contribution in [0.2, 0.25) is 0 Å². The zero-order valence-electron chi connectivity index (χ0n) is 57.2. The van der Waals surface area contributed by atoms with E-state index in [-0.39, 0.29) is 22.2 Å². The van der Waals surface area contributed by atoms with Gasteiger partial charge in [0, 0.05) is 64.6 Å². The number of rotatable bonds is 1. The Kier molecular flexibility index (Phi) is 14.0. The molecule has 0 unspecified atom stereocenters. The van der Waals surface area contributed by atoms with E-state index in [0.717, 1.165) is 164 Å². The summed E-state index contributed by atoms with van der Waals surface area (Å²) in [7, 11) is 0. The van der Waals surface area contributed by atoms with Crippen LogP contribution < -0.4 is 22.2 Å². The number of aryl methyl sites for hydroxylation is 2. The highest BCUT2D eigenvalue weighted by molar-refractivity contribution is 6.25. The quantitative estimate of drug-likeness (QED) is 0.158. The molecule has 16 aromatic carbocycles. The predicted octanol–water partition coefficient (Wildman–Crippen LogP) is 20.6. The summed E-state index contributed by atoms with van der Waals surface area (Å²) in [5.41, 5.74) is 13.9. The van der Waals surface area contributed by atoms with Crippen LogP contribution in [0.5, 0.6) is 0 Å². The van der Waals surface area contributed by atoms with Gasteiger partial charge in [0.15, 0.2) is 0 Å². The van der Waals surface area contributed by atoms with Gasteiger partial charge in [-0.2, -0.15) is 0 Å². The number of imidazole rings is 4. The summed E-state index contributed by atoms with van der Waals surface area (Å²) in [6.07, 6.45) is 0. The van der Waals surface area contributed by atoms with Gasteiger partial charge in [-0.15, -0.1) is 0 Å². The van der Waals surface area contributed by atoms with Crippen LogP contribution in [0.15, 0.2) is 335 Å². The van der Waals surface area contributed by atoms with E-state index in [9.17, 15) is 19.2 Å². The molecule has 0 atom stereocenters. The van der Waals surface area contributed by atoms with Gasteiger partial charge in [-0.05, 0) is 147 Å². The van der Waals surface area contributed by atoms with Crippen LogP contribution >= 0.6 is 0 Å². The number of fused-ring (bicyclic) bond motifs is 18. The van der Waals surface area contributed by atoms with Gasteiger partial charge >= 0.3 is 0 Å². The summed E-state index contributed by atoms with van der Waals surface area (Å²) in [5, 5.41) is 19.1. The van der Waals surface area contributed by atoms with Crippen LogP contribution in [-0.2, 0) is 0 Å². The Labute approximate surface area is 601 Å². The summed E-state index contributed by atoms with van der Waals surface area (Å²) in [5.74, 6) is 0. The SMILES string of the molecule is Cc1ccccc1.Cc1ccccc1.O=c1c2ccc(-c3ccc4c5c3cccc5c(=O)n3c5ccccc5nc43)c3cccc(c32)c2nc3ccccc3n12.O=c1c2cccc3cccc(c32)c2nc3cc4ccccc4cc3n12.O=c1c2cccc3cccc(c32)c2nc3cc4ccccc4cc3n12. The lowest BCUT2D eigenvalue weighted by atomic mass is 9.90. The molecular weight excluding hydrogens is 1310 g/mol. The van der Waals surface area contributed by atoms with Gasteiger partial charge in [-0.25, -0.2) is 19.9 Å². The second-order valence-corrected chi connectivity index (χ2v) is 27.2. The average Bonchev–Trinajstić information content (AvgIpc) is 1.48. The fourth-order valence-corrected chi connectivity index (χ4v) is 16.1. The average molecular weight is 1360 g/mol. The maximum absolute atomic E-state index is 13.9. The smallest absolute Gasteiger partial charge is 0.264 e. The third-order valence-electron chi connectivity index (χ3n) is 20.9. The van der Waals surface area contributed by atoms with Crippen LogP contribution in [0.4, 0.5) is 0 Å². The van der Waals surface area contributed by atoms with E-state index >= 15 is 0 Å². The molecule has 0 N–H and O–H groups in total. The highest BCUT2D eigenvalue weighted by Crippen LogP contribution is 2.42. The maximum atomic E-state index is 13.9. The monoisotopic (exact) mass is 1360 g/mol. The molecule has 0 aliphatic rings. The molecule has 24 rings (SSSR count). The third kappa shape index (κ3) is 9.54. The zero-order valence-corrected chi connectivity index (χ0v) is 57.2. The first-order valence-electron chi connectivity index (χ1n) is 35.3. The van der Waals surface area contributed by atoms with Gasteiger partial charge < -0.3 is 0 Å². The van der Waals surface area contributed by atoms with E-state index in [1.807, 2.05) is 206 Å². The Balaban J connectivity index is 0.0000000999. The summed E-state index contributed by atoms with van der Waals surface area (Å²) < 4.78 is 6.98. The van der Waals surface area contributed by atoms with Crippen molar-refractivity contribution in [3.8, 4) is 11.1 Å². The van der Waals surface area contributed by atoms with Crippen LogP contribution in [0.3, 0.4) is 0 Å². The Morgan fingerprint density at radius 3 is 0.877 bits per heavy atom. The van der Waals surface area contributed by atoms with Crippen molar-refractivity contribution < 1.29 is 0 Å². The third-order valence-corrected chi connectivity index (χ3v) is 20.9. The number of aromatic nitrogens is 8. The number of hydrogen-bond acceptors (Lipinski definition) is 8. The van der Waals surface area contributed by atoms with Crippen LogP contribution in [0.1, 0.15) is 11.1 Å². The van der Waals surface area contributed by atoms with Crippen molar-refractivity contribution in [3.05, 3.63) is 368 Å². The molecule has 0 bridgehead atoms. The van der Waals surface area contributed by atoms with Crippen molar-refractivity contribution in [3.63, 3.8) is 0 Å². The molecule has 0 fully saturated rings. The van der Waals surface area contributed by atoms with E-state index in [4.69, 9.17) is 19.9 Å². The van der Waals surface area contributed by atoms with E-state index < -0.39 is 0 Å². The Hall–Kier alpha value is -14.4. The zero-order chi connectivity index (χ0) is 71.0. The summed E-state index contributed by atoms with van der Waals surface area (Å²) in [4.78, 5) is 73.6. The van der Waals surface area contributed by atoms with Gasteiger partial charge in [0.1, 0.15) is 22.6 Å². The molecule has 0 amide bonds. The van der Waals surface area contributed by atoms with Crippen LogP contribution in [0.25, 0.3) is 186 Å². The van der Waals surface area contributed by atoms with Crippen molar-refractivity contribution in [1.82, 2.24) is 37.5 Å². The first-order chi connectivity index (χ1) is 52.1. The lowest BCUT2D eigenvalue weighted by Crippen LogP contribution is -2.13. The second-order valence-electron chi connectivity index (χ2n) is 27.2. The molecule has 0 radical (unpaired) electrons. The molecule has 8 heterocycles. The highest BCUT2D eigenvalue weighted by Gasteiger charge is 2.23. The van der Waals surface area contributed by atoms with E-state index in [1.165, 1.54) is 11.1 Å². The second kappa shape index (κ2) is 24.2. The van der Waals surface area contributed by atoms with Crippen molar-refractivity contribution >= 4 is 174 Å². The number of nitrogens with zero attached hydrogens (tertiary/aromatic N) is 8. The first kappa shape index (κ1) is 61.5. The van der Waals surface area contributed by atoms with Crippen molar-refractivity contribution in [2.75, 3.05) is 0 Å². The van der Waals surface area contributed by atoms with Gasteiger partial charge in [0.2, 0.25) is 0 Å². The predicted molar refractivity (Wildman–Crippen MR) is 437 cm³/mol. The normalized spacial score (nSPS) is 11.8. The molecule has 12 heteroatoms. The van der Waals surface area contributed by atoms with Gasteiger partial charge in [-0.3, -0.25) is 36.8 Å². The van der Waals surface area contributed by atoms with Gasteiger partial charge in [0.05, 0.1) is 44.1 Å². The molecule has 0 saturated carbocycles. The van der Waals surface area contributed by atoms with Crippen molar-refractivity contribution in [2.45, 2.75) is 13.8 Å². The molecule has 106 heavy (non-hydrogen) atoms. The van der Waals surface area contributed by atoms with Crippen molar-refractivity contribution in [2.24, 2.45) is 0 Å². The number of pyridine rings is 4. The summed E-state index contributed by atoms with van der Waals surface area (Å²) in [6.45, 7) is 4.17. The van der Waals surface area contributed by atoms with E-state index in [2.05, 4.69) is 123 Å². The number of hydrogen-bond donors (Lipinski definition) is 0. The molecule has 0 spiro atoms. The minimum Gasteiger partial charge on any atom is -0.268 e. The molecule has 24 aromatic rings. The molecular formula is C94H58N8O4. The highest BCUT2D eigenvalue weighted by atomic mass is 16.1. The van der Waals surface area contributed by atoms with E-state index in [0.29, 0.717) is 22.1 Å². The first-order valence-corrected chi connectivity index (χ1v) is 35.3. The Bertz CT molecular complexity index is 7540. The standard InChI is InChI=1S/C36H18N4O2.2C22H12N2O.2C7H8/c41-35-25-10-6-8-22-19(15-17-24(32(22)25)34-38-28-12-2-4-14-30(28)40(34)35)20-16-18-26-31-21(20)7-5-9-23(31)33-37-27-11-1-3-13-29(27)39(33)36(26)42;2*25-22-17-10-4-8-13-7-3-9-16(20(13)17)21-23-18-11-14-5-1-2-6-15(14)12-19(18)24(21)22;2*1-7-5-3-2-4-6-7/h1-18H;2*1-12H;2*2-6H,1H3. The lowest BCUT2D eigenvalue weighted by molar-refractivity contribution is 1.19. The Morgan fingerprint density at radius 2 is 0.481 bits per heavy atom. The van der Waals surface area contributed by atoms with Crippen molar-refractivity contribution in [1.29, 1.82) is 0 Å². The van der Waals surface area contributed by atoms with Gasteiger partial charge in [0.25, 0.3) is 22.2 Å². The topological polar surface area (TPSA) is 137 Å². The number of para-hydroxylation sites is 4. The van der Waals surface area contributed by atoms with Crippen LogP contribution in [-0.4, -0.2) is 37.5 Å². The van der Waals surface area contributed by atoms with E-state index in [1.54, 1.807) is 17.6 Å². The summed E-state index contributed by atoms with van der Waals surface area (Å²) >= 11 is 0. The van der Waals surface area contributed by atoms with Crippen LogP contribution in [0, 0.1) is 13.8 Å². The minimum absolute atomic E-state index is 0.00270. The molecule has 0 aliphatic carbocycles. The molecule has 0 aliphatic heterocycles. The fourth-order valence-electron chi connectivity index (χ4n) is 16.1. The molecule has 498 valence electrons. The molecule has 8 aromatic heterocycles. The molecule has 12 nitrogen and oxygen atoms in total. The Morgan fingerprint density at radius 1 is 0.208 bits per heavy atom.